The summed E-state index contributed by atoms with van der Waals surface area (Å²) in [6.45, 7) is 2.43. The molecule has 0 saturated carbocycles. The van der Waals surface area contributed by atoms with Crippen LogP contribution in [0, 0.1) is 0 Å². The molecule has 0 aliphatic rings. The van der Waals surface area contributed by atoms with Gasteiger partial charge in [0.15, 0.2) is 11.5 Å². The van der Waals surface area contributed by atoms with E-state index in [2.05, 4.69) is 5.32 Å². The van der Waals surface area contributed by atoms with Gasteiger partial charge < -0.3 is 19.7 Å². The highest BCUT2D eigenvalue weighted by atomic mass is 16.5. The number of hydrogen-bond donors (Lipinski definition) is 1. The van der Waals surface area contributed by atoms with E-state index < -0.39 is 6.04 Å². The molecular weight excluding hydrogens is 380 g/mol. The maximum absolute atomic E-state index is 13.1. The molecule has 0 heterocycles. The smallest absolute Gasteiger partial charge is 0.242 e. The highest BCUT2D eigenvalue weighted by Gasteiger charge is 2.27. The van der Waals surface area contributed by atoms with Crippen LogP contribution in [0.3, 0.4) is 0 Å². The van der Waals surface area contributed by atoms with Crippen LogP contribution in [0.25, 0.3) is 0 Å². The first-order chi connectivity index (χ1) is 14.5. The van der Waals surface area contributed by atoms with E-state index in [1.165, 1.54) is 0 Å². The third-order valence-electron chi connectivity index (χ3n) is 5.19. The maximum atomic E-state index is 13.1. The fraction of sp³-hybridized carbons (Fsp3) is 0.417. The third kappa shape index (κ3) is 6.24. The number of carbonyl (C=O) groups is 2. The van der Waals surface area contributed by atoms with Gasteiger partial charge in [0.05, 0.1) is 14.2 Å². The largest absolute Gasteiger partial charge is 0.493 e. The third-order valence-corrected chi connectivity index (χ3v) is 5.19. The van der Waals surface area contributed by atoms with Crippen molar-refractivity contribution >= 4 is 11.8 Å². The number of likely N-dealkylation sites (N-methyl/N-ethyl adjacent to an activating group) is 1. The van der Waals surface area contributed by atoms with Crippen LogP contribution in [-0.2, 0) is 22.4 Å². The normalized spacial score (nSPS) is 11.5. The molecule has 0 spiro atoms. The Morgan fingerprint density at radius 3 is 2.27 bits per heavy atom. The number of aryl methyl sites for hydroxylation is 1. The van der Waals surface area contributed by atoms with Crippen molar-refractivity contribution in [2.45, 2.75) is 38.6 Å². The molecule has 2 amide bonds. The number of ether oxygens (including phenoxy) is 2. The second-order valence-corrected chi connectivity index (χ2v) is 7.05. The van der Waals surface area contributed by atoms with Crippen molar-refractivity contribution < 1.29 is 19.1 Å². The lowest BCUT2D eigenvalue weighted by Gasteiger charge is -2.30. The molecule has 1 N–H and O–H groups in total. The first-order valence-electron chi connectivity index (χ1n) is 10.3. The van der Waals surface area contributed by atoms with Gasteiger partial charge in [0.2, 0.25) is 11.8 Å². The quantitative estimate of drug-likeness (QED) is 0.615. The molecule has 0 aromatic heterocycles. The summed E-state index contributed by atoms with van der Waals surface area (Å²) < 4.78 is 10.6. The van der Waals surface area contributed by atoms with Crippen LogP contribution < -0.4 is 14.8 Å². The zero-order chi connectivity index (χ0) is 21.9. The second kappa shape index (κ2) is 11.9. The van der Waals surface area contributed by atoms with Crippen molar-refractivity contribution in [3.63, 3.8) is 0 Å². The van der Waals surface area contributed by atoms with Gasteiger partial charge in [-0.25, -0.2) is 0 Å². The summed E-state index contributed by atoms with van der Waals surface area (Å²) in [6, 6.07) is 15.2. The van der Waals surface area contributed by atoms with Crippen molar-refractivity contribution in [1.29, 1.82) is 0 Å². The Morgan fingerprint density at radius 2 is 1.67 bits per heavy atom. The average molecular weight is 413 g/mol. The molecule has 0 bridgehead atoms. The highest BCUT2D eigenvalue weighted by molar-refractivity contribution is 5.87. The summed E-state index contributed by atoms with van der Waals surface area (Å²) in [6.07, 6.45) is 2.15. The molecule has 6 heteroatoms. The van der Waals surface area contributed by atoms with E-state index in [9.17, 15) is 9.59 Å². The van der Waals surface area contributed by atoms with Gasteiger partial charge in [0, 0.05) is 20.0 Å². The van der Waals surface area contributed by atoms with Crippen LogP contribution >= 0.6 is 0 Å². The van der Waals surface area contributed by atoms with E-state index in [4.69, 9.17) is 9.47 Å². The zero-order valence-corrected chi connectivity index (χ0v) is 18.3. The summed E-state index contributed by atoms with van der Waals surface area (Å²) in [4.78, 5) is 27.2. The van der Waals surface area contributed by atoms with E-state index >= 15 is 0 Å². The van der Waals surface area contributed by atoms with Crippen LogP contribution in [0.15, 0.2) is 48.5 Å². The van der Waals surface area contributed by atoms with Crippen molar-refractivity contribution in [3.05, 3.63) is 59.7 Å². The predicted octanol–water partition coefficient (Wildman–Crippen LogP) is 3.23. The fourth-order valence-corrected chi connectivity index (χ4v) is 3.49. The average Bonchev–Trinajstić information content (AvgIpc) is 2.80. The molecule has 162 valence electrons. The van der Waals surface area contributed by atoms with E-state index in [1.807, 2.05) is 55.5 Å². The molecule has 0 saturated heterocycles. The number of nitrogens with zero attached hydrogens (tertiary/aromatic N) is 1. The molecule has 0 fully saturated rings. The molecule has 6 nitrogen and oxygen atoms in total. The van der Waals surface area contributed by atoms with Gasteiger partial charge in [-0.1, -0.05) is 43.3 Å². The number of amides is 2. The Balaban J connectivity index is 2.11. The van der Waals surface area contributed by atoms with Gasteiger partial charge in [-0.05, 0) is 42.5 Å². The van der Waals surface area contributed by atoms with Crippen LogP contribution in [0.4, 0.5) is 0 Å². The van der Waals surface area contributed by atoms with E-state index in [0.29, 0.717) is 43.7 Å². The lowest BCUT2D eigenvalue weighted by Crippen LogP contribution is -2.49. The summed E-state index contributed by atoms with van der Waals surface area (Å²) in [5.74, 6) is 1.13. The molecule has 0 aliphatic carbocycles. The number of benzene rings is 2. The SMILES string of the molecule is CC[C@@H](C(=O)NC)N(CCc1ccccc1)C(=O)CCc1ccc(OC)c(OC)c1. The Bertz CT molecular complexity index is 823. The molecule has 0 unspecified atom stereocenters. The Hall–Kier alpha value is -3.02. The molecule has 2 aromatic rings. The summed E-state index contributed by atoms with van der Waals surface area (Å²) in [5.41, 5.74) is 2.12. The van der Waals surface area contributed by atoms with E-state index in [0.717, 1.165) is 11.1 Å². The number of methoxy groups -OCH3 is 2. The van der Waals surface area contributed by atoms with Crippen molar-refractivity contribution in [2.75, 3.05) is 27.8 Å². The Morgan fingerprint density at radius 1 is 0.967 bits per heavy atom. The van der Waals surface area contributed by atoms with E-state index in [-0.39, 0.29) is 11.8 Å². The Kier molecular flexibility index (Phi) is 9.19. The molecule has 2 aromatic carbocycles. The minimum atomic E-state index is -0.475. The first kappa shape index (κ1) is 23.3. The Labute approximate surface area is 179 Å². The molecule has 0 aliphatic heterocycles. The van der Waals surface area contributed by atoms with Gasteiger partial charge in [-0.2, -0.15) is 0 Å². The highest BCUT2D eigenvalue weighted by Crippen LogP contribution is 2.28. The summed E-state index contributed by atoms with van der Waals surface area (Å²) in [5, 5.41) is 2.69. The van der Waals surface area contributed by atoms with Gasteiger partial charge in [-0.3, -0.25) is 9.59 Å². The lowest BCUT2D eigenvalue weighted by molar-refractivity contribution is -0.140. The van der Waals surface area contributed by atoms with E-state index in [1.54, 1.807) is 26.2 Å². The monoisotopic (exact) mass is 412 g/mol. The summed E-state index contributed by atoms with van der Waals surface area (Å²) >= 11 is 0. The minimum absolute atomic E-state index is 0.0313. The topological polar surface area (TPSA) is 67.9 Å². The molecule has 30 heavy (non-hydrogen) atoms. The molecule has 2 rings (SSSR count). The number of rotatable bonds is 11. The first-order valence-corrected chi connectivity index (χ1v) is 10.3. The molecular formula is C24H32N2O4. The van der Waals surface area contributed by atoms with Crippen LogP contribution in [0.5, 0.6) is 11.5 Å². The lowest BCUT2D eigenvalue weighted by atomic mass is 10.1. The standard InChI is InChI=1S/C24H32N2O4/c1-5-20(24(28)25-2)26(16-15-18-9-7-6-8-10-18)23(27)14-12-19-11-13-21(29-3)22(17-19)30-4/h6-11,13,17,20H,5,12,14-16H2,1-4H3,(H,25,28)/t20-/m0/s1. The summed E-state index contributed by atoms with van der Waals surface area (Å²) in [7, 11) is 4.79. The van der Waals surface area contributed by atoms with Gasteiger partial charge in [0.1, 0.15) is 6.04 Å². The number of carbonyl (C=O) groups excluding carboxylic acids is 2. The van der Waals surface area contributed by atoms with Crippen LogP contribution in [0.1, 0.15) is 30.9 Å². The van der Waals surface area contributed by atoms with Crippen LogP contribution in [0.2, 0.25) is 0 Å². The van der Waals surface area contributed by atoms with Gasteiger partial charge in [0.25, 0.3) is 0 Å². The van der Waals surface area contributed by atoms with Crippen molar-refractivity contribution in [3.8, 4) is 11.5 Å². The predicted molar refractivity (Wildman–Crippen MR) is 118 cm³/mol. The van der Waals surface area contributed by atoms with Crippen molar-refractivity contribution in [1.82, 2.24) is 10.2 Å². The second-order valence-electron chi connectivity index (χ2n) is 7.05. The van der Waals surface area contributed by atoms with Gasteiger partial charge >= 0.3 is 0 Å². The van der Waals surface area contributed by atoms with Crippen molar-refractivity contribution in [2.24, 2.45) is 0 Å². The number of nitrogens with one attached hydrogen (secondary N) is 1. The van der Waals surface area contributed by atoms with Crippen LogP contribution in [-0.4, -0.2) is 50.6 Å². The number of hydrogen-bond acceptors (Lipinski definition) is 4. The maximum Gasteiger partial charge on any atom is 0.242 e. The minimum Gasteiger partial charge on any atom is -0.493 e. The fourth-order valence-electron chi connectivity index (χ4n) is 3.49. The molecule has 0 radical (unpaired) electrons. The van der Waals surface area contributed by atoms with Gasteiger partial charge in [-0.15, -0.1) is 0 Å². The zero-order valence-electron chi connectivity index (χ0n) is 18.3. The molecule has 1 atom stereocenters.